The first kappa shape index (κ1) is 21.2. The number of aliphatic imine (C=N–C) groups is 1. The SMILES string of the molecule is O=C(NCCC1=NC=CCC1)c1ccccc1C(=O)Nc1ccc(-c2ccccc2)cc1. The molecule has 0 saturated heterocycles. The Morgan fingerprint density at radius 1 is 0.781 bits per heavy atom. The van der Waals surface area contributed by atoms with Crippen molar-refractivity contribution in [3.8, 4) is 11.1 Å². The van der Waals surface area contributed by atoms with Crippen molar-refractivity contribution in [1.82, 2.24) is 5.32 Å². The number of nitrogens with zero attached hydrogens (tertiary/aromatic N) is 1. The van der Waals surface area contributed by atoms with E-state index in [1.807, 2.05) is 66.9 Å². The van der Waals surface area contributed by atoms with E-state index >= 15 is 0 Å². The van der Waals surface area contributed by atoms with Gasteiger partial charge in [0.15, 0.2) is 0 Å². The molecule has 0 saturated carbocycles. The third-order valence-corrected chi connectivity index (χ3v) is 5.33. The van der Waals surface area contributed by atoms with Crippen LogP contribution in [-0.2, 0) is 0 Å². The fourth-order valence-electron chi connectivity index (χ4n) is 3.61. The molecule has 0 spiro atoms. The first-order valence-corrected chi connectivity index (χ1v) is 10.8. The van der Waals surface area contributed by atoms with Gasteiger partial charge in [-0.3, -0.25) is 14.6 Å². The molecule has 5 heteroatoms. The maximum atomic E-state index is 12.9. The number of nitrogens with one attached hydrogen (secondary N) is 2. The van der Waals surface area contributed by atoms with Crippen LogP contribution in [0.1, 0.15) is 40.0 Å². The van der Waals surface area contributed by atoms with Gasteiger partial charge in [0, 0.05) is 30.6 Å². The third kappa shape index (κ3) is 5.38. The first-order chi connectivity index (χ1) is 15.7. The second-order valence-corrected chi connectivity index (χ2v) is 7.57. The van der Waals surface area contributed by atoms with Gasteiger partial charge >= 0.3 is 0 Å². The highest BCUT2D eigenvalue weighted by molar-refractivity contribution is 6.12. The Hall–Kier alpha value is -3.99. The molecule has 160 valence electrons. The molecule has 3 aromatic carbocycles. The molecule has 0 aromatic heterocycles. The molecule has 0 unspecified atom stereocenters. The molecule has 2 N–H and O–H groups in total. The average Bonchev–Trinajstić information content (AvgIpc) is 2.85. The highest BCUT2D eigenvalue weighted by atomic mass is 16.2. The van der Waals surface area contributed by atoms with Gasteiger partial charge in [-0.2, -0.15) is 0 Å². The largest absolute Gasteiger partial charge is 0.352 e. The Morgan fingerprint density at radius 2 is 1.44 bits per heavy atom. The van der Waals surface area contributed by atoms with Crippen molar-refractivity contribution < 1.29 is 9.59 Å². The lowest BCUT2D eigenvalue weighted by Crippen LogP contribution is -2.28. The molecule has 5 nitrogen and oxygen atoms in total. The minimum absolute atomic E-state index is 0.262. The number of amides is 2. The van der Waals surface area contributed by atoms with Crippen LogP contribution in [0.25, 0.3) is 11.1 Å². The van der Waals surface area contributed by atoms with Crippen LogP contribution in [0.4, 0.5) is 5.69 Å². The zero-order valence-corrected chi connectivity index (χ0v) is 17.8. The standard InChI is InChI=1S/C27H25N3O2/c31-26(29-19-17-22-10-6-7-18-28-22)24-11-4-5-12-25(24)27(32)30-23-15-13-21(14-16-23)20-8-2-1-3-9-20/h1-5,7-9,11-16,18H,6,10,17,19H2,(H,29,31)(H,30,32). The van der Waals surface area contributed by atoms with Gasteiger partial charge in [0.25, 0.3) is 11.8 Å². The van der Waals surface area contributed by atoms with Crippen LogP contribution in [0, 0.1) is 0 Å². The number of allylic oxidation sites excluding steroid dienone is 1. The number of carbonyl (C=O) groups excluding carboxylic acids is 2. The van der Waals surface area contributed by atoms with E-state index in [2.05, 4.69) is 15.6 Å². The number of hydrogen-bond acceptors (Lipinski definition) is 3. The van der Waals surface area contributed by atoms with E-state index in [1.165, 1.54) is 0 Å². The number of hydrogen-bond donors (Lipinski definition) is 2. The number of benzene rings is 3. The lowest BCUT2D eigenvalue weighted by atomic mass is 10.0. The molecule has 1 aliphatic rings. The Morgan fingerprint density at radius 3 is 2.12 bits per heavy atom. The Kier molecular flexibility index (Phi) is 6.88. The average molecular weight is 424 g/mol. The summed E-state index contributed by atoms with van der Waals surface area (Å²) in [6.07, 6.45) is 6.47. The van der Waals surface area contributed by atoms with E-state index < -0.39 is 0 Å². The van der Waals surface area contributed by atoms with E-state index in [0.717, 1.165) is 29.7 Å². The summed E-state index contributed by atoms with van der Waals surface area (Å²) in [5.41, 5.74) is 4.64. The van der Waals surface area contributed by atoms with Crippen LogP contribution in [0.5, 0.6) is 0 Å². The van der Waals surface area contributed by atoms with Crippen molar-refractivity contribution in [2.75, 3.05) is 11.9 Å². The van der Waals surface area contributed by atoms with Crippen molar-refractivity contribution in [1.29, 1.82) is 0 Å². The molecule has 0 fully saturated rings. The van der Waals surface area contributed by atoms with E-state index in [1.54, 1.807) is 24.3 Å². The Balaban J connectivity index is 1.40. The van der Waals surface area contributed by atoms with Crippen LogP contribution in [0.15, 0.2) is 96.1 Å². The fourth-order valence-corrected chi connectivity index (χ4v) is 3.61. The van der Waals surface area contributed by atoms with Crippen LogP contribution in [0.2, 0.25) is 0 Å². The third-order valence-electron chi connectivity index (χ3n) is 5.33. The molecular weight excluding hydrogens is 398 g/mol. The van der Waals surface area contributed by atoms with Gasteiger partial charge in [-0.05, 0) is 48.2 Å². The number of rotatable bonds is 7. The smallest absolute Gasteiger partial charge is 0.256 e. The fraction of sp³-hybridized carbons (Fsp3) is 0.148. The van der Waals surface area contributed by atoms with Gasteiger partial charge in [0.05, 0.1) is 11.1 Å². The first-order valence-electron chi connectivity index (χ1n) is 10.8. The molecule has 1 heterocycles. The van der Waals surface area contributed by atoms with Crippen molar-refractivity contribution >= 4 is 23.2 Å². The molecule has 0 atom stereocenters. The number of carbonyl (C=O) groups is 2. The maximum Gasteiger partial charge on any atom is 0.256 e. The van der Waals surface area contributed by atoms with Gasteiger partial charge in [-0.25, -0.2) is 0 Å². The Bertz CT molecular complexity index is 1150. The van der Waals surface area contributed by atoms with Gasteiger partial charge in [0.2, 0.25) is 0 Å². The molecule has 0 aliphatic carbocycles. The van der Waals surface area contributed by atoms with Gasteiger partial charge in [-0.1, -0.05) is 60.7 Å². The lowest BCUT2D eigenvalue weighted by Gasteiger charge is -2.12. The predicted molar refractivity (Wildman–Crippen MR) is 129 cm³/mol. The van der Waals surface area contributed by atoms with Gasteiger partial charge in [-0.15, -0.1) is 0 Å². The normalized spacial score (nSPS) is 12.7. The quantitative estimate of drug-likeness (QED) is 0.529. The summed E-state index contributed by atoms with van der Waals surface area (Å²) in [6, 6.07) is 24.6. The van der Waals surface area contributed by atoms with Crippen LogP contribution < -0.4 is 10.6 Å². The van der Waals surface area contributed by atoms with E-state index in [9.17, 15) is 9.59 Å². The summed E-state index contributed by atoms with van der Waals surface area (Å²) in [5, 5.41) is 5.80. The van der Waals surface area contributed by atoms with Crippen molar-refractivity contribution in [3.05, 3.63) is 102 Å². The van der Waals surface area contributed by atoms with Crippen LogP contribution in [-0.4, -0.2) is 24.1 Å². The minimum Gasteiger partial charge on any atom is -0.352 e. The maximum absolute atomic E-state index is 12.9. The second kappa shape index (κ2) is 10.4. The summed E-state index contributed by atoms with van der Waals surface area (Å²) < 4.78 is 0. The zero-order valence-electron chi connectivity index (χ0n) is 17.8. The summed E-state index contributed by atoms with van der Waals surface area (Å²) >= 11 is 0. The predicted octanol–water partition coefficient (Wildman–Crippen LogP) is 5.47. The zero-order chi connectivity index (χ0) is 22.2. The monoisotopic (exact) mass is 423 g/mol. The minimum atomic E-state index is -0.315. The summed E-state index contributed by atoms with van der Waals surface area (Å²) in [7, 11) is 0. The number of anilines is 1. The van der Waals surface area contributed by atoms with Crippen molar-refractivity contribution in [2.45, 2.75) is 19.3 Å². The van der Waals surface area contributed by atoms with E-state index in [-0.39, 0.29) is 11.8 Å². The van der Waals surface area contributed by atoms with Gasteiger partial charge in [0.1, 0.15) is 0 Å². The van der Waals surface area contributed by atoms with Gasteiger partial charge < -0.3 is 10.6 Å². The molecule has 3 aromatic rings. The van der Waals surface area contributed by atoms with E-state index in [0.29, 0.717) is 29.8 Å². The van der Waals surface area contributed by atoms with Crippen molar-refractivity contribution in [2.24, 2.45) is 4.99 Å². The summed E-state index contributed by atoms with van der Waals surface area (Å²) in [4.78, 5) is 30.0. The lowest BCUT2D eigenvalue weighted by molar-refractivity contribution is 0.0941. The molecule has 0 radical (unpaired) electrons. The highest BCUT2D eigenvalue weighted by Gasteiger charge is 2.17. The summed E-state index contributed by atoms with van der Waals surface area (Å²) in [6.45, 7) is 0.489. The topological polar surface area (TPSA) is 70.6 Å². The molecule has 0 bridgehead atoms. The Labute approximate surface area is 187 Å². The molecular formula is C27H25N3O2. The van der Waals surface area contributed by atoms with Crippen LogP contribution in [0.3, 0.4) is 0 Å². The van der Waals surface area contributed by atoms with Crippen molar-refractivity contribution in [3.63, 3.8) is 0 Å². The molecule has 1 aliphatic heterocycles. The summed E-state index contributed by atoms with van der Waals surface area (Å²) in [5.74, 6) is -0.577. The second-order valence-electron chi connectivity index (χ2n) is 7.57. The van der Waals surface area contributed by atoms with E-state index in [4.69, 9.17) is 0 Å². The van der Waals surface area contributed by atoms with Crippen LogP contribution >= 0.6 is 0 Å². The molecule has 4 rings (SSSR count). The molecule has 2 amide bonds. The molecule has 32 heavy (non-hydrogen) atoms. The highest BCUT2D eigenvalue weighted by Crippen LogP contribution is 2.21.